The molecule has 3 nitrogen and oxygen atoms in total. The first-order chi connectivity index (χ1) is 5.95. The van der Waals surface area contributed by atoms with Crippen LogP contribution in [0.3, 0.4) is 0 Å². The maximum Gasteiger partial charge on any atom is 0.115 e. The molecule has 1 fully saturated rings. The van der Waals surface area contributed by atoms with Gasteiger partial charge in [-0.05, 0) is 25.3 Å². The van der Waals surface area contributed by atoms with Crippen LogP contribution in [0.1, 0.15) is 18.4 Å². The third-order valence-corrected chi connectivity index (χ3v) is 2.07. The average molecular weight is 163 g/mol. The molecule has 0 bridgehead atoms. The Hall–Kier alpha value is -0.960. The van der Waals surface area contributed by atoms with E-state index in [1.54, 1.807) is 6.33 Å². The van der Waals surface area contributed by atoms with E-state index in [1.165, 1.54) is 12.8 Å². The molecule has 3 heteroatoms. The van der Waals surface area contributed by atoms with Gasteiger partial charge < -0.3 is 5.32 Å². The van der Waals surface area contributed by atoms with Crippen LogP contribution in [0.15, 0.2) is 18.7 Å². The third-order valence-electron chi connectivity index (χ3n) is 2.07. The van der Waals surface area contributed by atoms with Crippen LogP contribution in [0.2, 0.25) is 0 Å². The van der Waals surface area contributed by atoms with E-state index < -0.39 is 0 Å². The van der Waals surface area contributed by atoms with Gasteiger partial charge in [0.2, 0.25) is 0 Å². The van der Waals surface area contributed by atoms with Crippen LogP contribution in [-0.2, 0) is 6.54 Å². The molecule has 0 amide bonds. The summed E-state index contributed by atoms with van der Waals surface area (Å²) in [5.74, 6) is 0.939. The summed E-state index contributed by atoms with van der Waals surface area (Å²) in [6.07, 6.45) is 8.07. The Morgan fingerprint density at radius 2 is 2.08 bits per heavy atom. The van der Waals surface area contributed by atoms with Crippen molar-refractivity contribution in [1.82, 2.24) is 15.3 Å². The monoisotopic (exact) mass is 163 g/mol. The van der Waals surface area contributed by atoms with Crippen LogP contribution >= 0.6 is 0 Å². The molecular formula is C9H13N3. The zero-order chi connectivity index (χ0) is 8.23. The van der Waals surface area contributed by atoms with Crippen molar-refractivity contribution in [3.63, 3.8) is 0 Å². The molecule has 1 saturated carbocycles. The second kappa shape index (κ2) is 3.63. The highest BCUT2D eigenvalue weighted by atomic mass is 14.9. The normalized spacial score (nSPS) is 16.3. The summed E-state index contributed by atoms with van der Waals surface area (Å²) in [5, 5.41) is 3.38. The summed E-state index contributed by atoms with van der Waals surface area (Å²) in [6, 6.07) is 0. The lowest BCUT2D eigenvalue weighted by Gasteiger charge is -2.01. The van der Waals surface area contributed by atoms with E-state index in [9.17, 15) is 0 Å². The molecule has 1 aromatic rings. The fraction of sp³-hybridized carbons (Fsp3) is 0.556. The predicted molar refractivity (Wildman–Crippen MR) is 46.5 cm³/mol. The fourth-order valence-corrected chi connectivity index (χ4v) is 1.16. The van der Waals surface area contributed by atoms with Crippen molar-refractivity contribution in [3.05, 3.63) is 24.3 Å². The first-order valence-electron chi connectivity index (χ1n) is 4.40. The van der Waals surface area contributed by atoms with Crippen molar-refractivity contribution in [2.75, 3.05) is 6.54 Å². The predicted octanol–water partition coefficient (Wildman–Crippen LogP) is 0.976. The Morgan fingerprint density at radius 1 is 1.33 bits per heavy atom. The molecule has 0 aromatic carbocycles. The minimum Gasteiger partial charge on any atom is -0.312 e. The highest BCUT2D eigenvalue weighted by Crippen LogP contribution is 2.27. The smallest absolute Gasteiger partial charge is 0.115 e. The van der Waals surface area contributed by atoms with Gasteiger partial charge in [0.15, 0.2) is 0 Å². The van der Waals surface area contributed by atoms with Gasteiger partial charge in [-0.2, -0.15) is 0 Å². The zero-order valence-corrected chi connectivity index (χ0v) is 7.03. The van der Waals surface area contributed by atoms with E-state index in [2.05, 4.69) is 15.3 Å². The van der Waals surface area contributed by atoms with E-state index in [0.717, 1.165) is 24.6 Å². The molecule has 1 aromatic heterocycles. The number of rotatable bonds is 4. The highest BCUT2D eigenvalue weighted by Gasteiger charge is 2.19. The van der Waals surface area contributed by atoms with Gasteiger partial charge in [0, 0.05) is 24.5 Å². The van der Waals surface area contributed by atoms with Gasteiger partial charge in [-0.15, -0.1) is 0 Å². The van der Waals surface area contributed by atoms with Gasteiger partial charge in [-0.1, -0.05) is 0 Å². The van der Waals surface area contributed by atoms with Crippen LogP contribution in [-0.4, -0.2) is 16.5 Å². The van der Waals surface area contributed by atoms with E-state index in [-0.39, 0.29) is 0 Å². The van der Waals surface area contributed by atoms with Crippen molar-refractivity contribution in [3.8, 4) is 0 Å². The van der Waals surface area contributed by atoms with Gasteiger partial charge in [-0.3, -0.25) is 0 Å². The number of nitrogens with one attached hydrogen (secondary N) is 1. The Morgan fingerprint density at radius 3 is 2.75 bits per heavy atom. The van der Waals surface area contributed by atoms with Crippen molar-refractivity contribution in [2.24, 2.45) is 5.92 Å². The zero-order valence-electron chi connectivity index (χ0n) is 7.03. The minimum atomic E-state index is 0.900. The van der Waals surface area contributed by atoms with Gasteiger partial charge in [0.05, 0.1) is 0 Å². The molecule has 12 heavy (non-hydrogen) atoms. The van der Waals surface area contributed by atoms with Gasteiger partial charge >= 0.3 is 0 Å². The fourth-order valence-electron chi connectivity index (χ4n) is 1.16. The molecule has 0 atom stereocenters. The van der Waals surface area contributed by atoms with Crippen LogP contribution < -0.4 is 5.32 Å². The standard InChI is InChI=1S/C9H13N3/c1-2-8(1)3-10-4-9-5-11-7-12-6-9/h5-8,10H,1-4H2. The molecular weight excluding hydrogens is 150 g/mol. The highest BCUT2D eigenvalue weighted by molar-refractivity contribution is 5.01. The third kappa shape index (κ3) is 2.27. The molecule has 1 aliphatic carbocycles. The van der Waals surface area contributed by atoms with Crippen molar-refractivity contribution in [2.45, 2.75) is 19.4 Å². The van der Waals surface area contributed by atoms with Gasteiger partial charge in [0.25, 0.3) is 0 Å². The summed E-state index contributed by atoms with van der Waals surface area (Å²) in [4.78, 5) is 7.89. The summed E-state index contributed by atoms with van der Waals surface area (Å²) < 4.78 is 0. The second-order valence-corrected chi connectivity index (χ2v) is 3.32. The summed E-state index contributed by atoms with van der Waals surface area (Å²) >= 11 is 0. The first-order valence-corrected chi connectivity index (χ1v) is 4.40. The average Bonchev–Trinajstić information content (AvgIpc) is 2.90. The van der Waals surface area contributed by atoms with Crippen LogP contribution in [0.25, 0.3) is 0 Å². The summed E-state index contributed by atoms with van der Waals surface area (Å²) in [6.45, 7) is 2.05. The lowest BCUT2D eigenvalue weighted by molar-refractivity contribution is 0.636. The van der Waals surface area contributed by atoms with E-state index in [0.29, 0.717) is 0 Å². The summed E-state index contributed by atoms with van der Waals surface area (Å²) in [5.41, 5.74) is 1.16. The lowest BCUT2D eigenvalue weighted by Crippen LogP contribution is -2.16. The van der Waals surface area contributed by atoms with E-state index in [4.69, 9.17) is 0 Å². The molecule has 1 N–H and O–H groups in total. The molecule has 0 unspecified atom stereocenters. The minimum absolute atomic E-state index is 0.900. The maximum absolute atomic E-state index is 3.95. The molecule has 0 spiro atoms. The van der Waals surface area contributed by atoms with Crippen molar-refractivity contribution in [1.29, 1.82) is 0 Å². The Bertz CT molecular complexity index is 231. The topological polar surface area (TPSA) is 37.8 Å². The lowest BCUT2D eigenvalue weighted by atomic mass is 10.3. The molecule has 0 radical (unpaired) electrons. The molecule has 0 aliphatic heterocycles. The van der Waals surface area contributed by atoms with Crippen molar-refractivity contribution < 1.29 is 0 Å². The molecule has 1 heterocycles. The van der Waals surface area contributed by atoms with E-state index >= 15 is 0 Å². The van der Waals surface area contributed by atoms with Crippen LogP contribution in [0, 0.1) is 5.92 Å². The first kappa shape index (κ1) is 7.68. The Kier molecular flexibility index (Phi) is 2.32. The van der Waals surface area contributed by atoms with Crippen LogP contribution in [0.5, 0.6) is 0 Å². The van der Waals surface area contributed by atoms with Crippen molar-refractivity contribution >= 4 is 0 Å². The Balaban J connectivity index is 1.72. The molecule has 64 valence electrons. The summed E-state index contributed by atoms with van der Waals surface area (Å²) in [7, 11) is 0. The Labute approximate surface area is 72.2 Å². The molecule has 1 aliphatic rings. The van der Waals surface area contributed by atoms with Gasteiger partial charge in [-0.25, -0.2) is 9.97 Å². The second-order valence-electron chi connectivity index (χ2n) is 3.32. The maximum atomic E-state index is 3.95. The number of aromatic nitrogens is 2. The van der Waals surface area contributed by atoms with Gasteiger partial charge in [0.1, 0.15) is 6.33 Å². The van der Waals surface area contributed by atoms with Crippen LogP contribution in [0.4, 0.5) is 0 Å². The largest absolute Gasteiger partial charge is 0.312 e. The van der Waals surface area contributed by atoms with E-state index in [1.807, 2.05) is 12.4 Å². The number of nitrogens with zero attached hydrogens (tertiary/aromatic N) is 2. The SMILES string of the molecule is c1ncc(CNCC2CC2)cn1. The molecule has 2 rings (SSSR count). The number of hydrogen-bond acceptors (Lipinski definition) is 3. The number of hydrogen-bond donors (Lipinski definition) is 1. The quantitative estimate of drug-likeness (QED) is 0.719. The molecule has 0 saturated heterocycles.